The molecule has 0 fully saturated rings. The predicted octanol–water partition coefficient (Wildman–Crippen LogP) is 1.52. The Kier molecular flexibility index (Phi) is 6.37. The van der Waals surface area contributed by atoms with Crippen LogP contribution in [0.1, 0.15) is 34.1 Å². The molecule has 0 heterocycles. The summed E-state index contributed by atoms with van der Waals surface area (Å²) in [5.41, 5.74) is 4.95. The molecule has 1 aromatic carbocycles. The molecule has 0 spiro atoms. The lowest BCUT2D eigenvalue weighted by Crippen LogP contribution is -2.52. The van der Waals surface area contributed by atoms with Crippen LogP contribution < -0.4 is 10.5 Å². The quantitative estimate of drug-likeness (QED) is 0.729. The maximum Gasteiger partial charge on any atom is 0.241 e. The average Bonchev–Trinajstić information content (AvgIpc) is 2.46. The summed E-state index contributed by atoms with van der Waals surface area (Å²) in [7, 11) is -7.33. The zero-order chi connectivity index (χ0) is 17.9. The largest absolute Gasteiger partial charge is 0.329 e. The monoisotopic (exact) mass is 362 g/mol. The van der Waals surface area contributed by atoms with Crippen molar-refractivity contribution >= 4 is 19.9 Å². The highest BCUT2D eigenvalue weighted by molar-refractivity contribution is 7.91. The summed E-state index contributed by atoms with van der Waals surface area (Å²) in [6.45, 7) is 7.38. The van der Waals surface area contributed by atoms with Gasteiger partial charge in [0, 0.05) is 12.1 Å². The van der Waals surface area contributed by atoms with E-state index in [-0.39, 0.29) is 28.0 Å². The Bertz CT molecular complexity index is 742. The van der Waals surface area contributed by atoms with Crippen molar-refractivity contribution < 1.29 is 16.8 Å². The van der Waals surface area contributed by atoms with E-state index >= 15 is 0 Å². The fourth-order valence-corrected chi connectivity index (χ4v) is 4.93. The second-order valence-corrected chi connectivity index (χ2v) is 10.3. The lowest BCUT2D eigenvalue weighted by Gasteiger charge is -2.30. The molecule has 0 amide bonds. The fraction of sp³-hybridized carbons (Fsp3) is 0.600. The van der Waals surface area contributed by atoms with Crippen molar-refractivity contribution in [1.82, 2.24) is 4.72 Å². The molecule has 3 N–H and O–H groups in total. The van der Waals surface area contributed by atoms with Gasteiger partial charge in [0.15, 0.2) is 9.84 Å². The standard InChI is InChI=1S/C15H26N2O4S2/c1-5-22(18,19)13-7-6-8-14(9-13)23(20,21)17-15(4,11-16)10-12(2)3/h6-9,12,17H,5,10-11,16H2,1-4H3. The molecule has 1 unspecified atom stereocenters. The Balaban J connectivity index is 3.22. The van der Waals surface area contributed by atoms with Crippen LogP contribution in [-0.2, 0) is 19.9 Å². The van der Waals surface area contributed by atoms with Crippen LogP contribution in [-0.4, -0.2) is 34.7 Å². The minimum Gasteiger partial charge on any atom is -0.329 e. The van der Waals surface area contributed by atoms with Crippen molar-refractivity contribution in [3.8, 4) is 0 Å². The third kappa shape index (κ3) is 5.27. The van der Waals surface area contributed by atoms with E-state index in [1.54, 1.807) is 6.92 Å². The van der Waals surface area contributed by atoms with Crippen LogP contribution >= 0.6 is 0 Å². The normalized spacial score (nSPS) is 15.6. The second kappa shape index (κ2) is 7.29. The third-order valence-electron chi connectivity index (χ3n) is 3.55. The summed E-state index contributed by atoms with van der Waals surface area (Å²) in [6, 6.07) is 5.39. The number of benzene rings is 1. The highest BCUT2D eigenvalue weighted by atomic mass is 32.2. The molecular formula is C15H26N2O4S2. The molecule has 0 aliphatic rings. The van der Waals surface area contributed by atoms with Gasteiger partial charge in [-0.3, -0.25) is 0 Å². The van der Waals surface area contributed by atoms with E-state index in [1.807, 2.05) is 13.8 Å². The minimum atomic E-state index is -3.86. The van der Waals surface area contributed by atoms with Crippen LogP contribution in [0.4, 0.5) is 0 Å². The molecule has 0 radical (unpaired) electrons. The van der Waals surface area contributed by atoms with Crippen LogP contribution in [0.3, 0.4) is 0 Å². The van der Waals surface area contributed by atoms with Crippen molar-refractivity contribution in [2.45, 2.75) is 49.4 Å². The van der Waals surface area contributed by atoms with E-state index in [0.29, 0.717) is 6.42 Å². The molecule has 6 nitrogen and oxygen atoms in total. The minimum absolute atomic E-state index is 0.00110. The molecule has 0 aliphatic heterocycles. The van der Waals surface area contributed by atoms with Crippen molar-refractivity contribution in [2.75, 3.05) is 12.3 Å². The van der Waals surface area contributed by atoms with E-state index in [1.165, 1.54) is 31.2 Å². The second-order valence-electron chi connectivity index (χ2n) is 6.35. The van der Waals surface area contributed by atoms with Gasteiger partial charge >= 0.3 is 0 Å². The van der Waals surface area contributed by atoms with E-state index in [4.69, 9.17) is 5.73 Å². The van der Waals surface area contributed by atoms with Crippen LogP contribution in [0.15, 0.2) is 34.1 Å². The topological polar surface area (TPSA) is 106 Å². The lowest BCUT2D eigenvalue weighted by atomic mass is 9.92. The van der Waals surface area contributed by atoms with Crippen LogP contribution in [0.5, 0.6) is 0 Å². The zero-order valence-electron chi connectivity index (χ0n) is 14.0. The molecule has 0 saturated heterocycles. The molecule has 0 aliphatic carbocycles. The Labute approximate surface area is 139 Å². The van der Waals surface area contributed by atoms with Gasteiger partial charge in [-0.25, -0.2) is 21.6 Å². The SMILES string of the molecule is CCS(=O)(=O)c1cccc(S(=O)(=O)NC(C)(CN)CC(C)C)c1. The summed E-state index contributed by atoms with van der Waals surface area (Å²) in [6.07, 6.45) is 0.579. The smallest absolute Gasteiger partial charge is 0.241 e. The number of hydrogen-bond donors (Lipinski definition) is 2. The van der Waals surface area contributed by atoms with Gasteiger partial charge in [0.2, 0.25) is 10.0 Å². The van der Waals surface area contributed by atoms with Gasteiger partial charge in [0.05, 0.1) is 15.5 Å². The first-order chi connectivity index (χ1) is 10.5. The fourth-order valence-electron chi connectivity index (χ4n) is 2.45. The van der Waals surface area contributed by atoms with Gasteiger partial charge in [0.25, 0.3) is 0 Å². The molecule has 0 saturated carbocycles. The van der Waals surface area contributed by atoms with Gasteiger partial charge in [-0.15, -0.1) is 0 Å². The van der Waals surface area contributed by atoms with Gasteiger partial charge < -0.3 is 5.73 Å². The zero-order valence-corrected chi connectivity index (χ0v) is 15.7. The highest BCUT2D eigenvalue weighted by Crippen LogP contribution is 2.21. The molecule has 0 bridgehead atoms. The van der Waals surface area contributed by atoms with Crippen molar-refractivity contribution in [3.05, 3.63) is 24.3 Å². The first kappa shape index (κ1) is 20.1. The molecule has 1 rings (SSSR count). The third-order valence-corrected chi connectivity index (χ3v) is 6.91. The van der Waals surface area contributed by atoms with E-state index < -0.39 is 25.4 Å². The highest BCUT2D eigenvalue weighted by Gasteiger charge is 2.30. The Morgan fingerprint density at radius 1 is 1.17 bits per heavy atom. The maximum absolute atomic E-state index is 12.6. The van der Waals surface area contributed by atoms with Crippen molar-refractivity contribution in [1.29, 1.82) is 0 Å². The summed E-state index contributed by atoms with van der Waals surface area (Å²) in [5, 5.41) is 0. The van der Waals surface area contributed by atoms with Crippen molar-refractivity contribution in [3.63, 3.8) is 0 Å². The number of nitrogens with one attached hydrogen (secondary N) is 1. The van der Waals surface area contributed by atoms with Crippen LogP contribution in [0.25, 0.3) is 0 Å². The number of sulfonamides is 1. The van der Waals surface area contributed by atoms with Gasteiger partial charge in [-0.2, -0.15) is 0 Å². The molecule has 1 atom stereocenters. The predicted molar refractivity (Wildman–Crippen MR) is 91.4 cm³/mol. The number of sulfone groups is 1. The number of hydrogen-bond acceptors (Lipinski definition) is 5. The molecule has 1 aromatic rings. The van der Waals surface area contributed by atoms with Crippen LogP contribution in [0.2, 0.25) is 0 Å². The summed E-state index contributed by atoms with van der Waals surface area (Å²) < 4.78 is 51.7. The lowest BCUT2D eigenvalue weighted by molar-refractivity contribution is 0.344. The first-order valence-electron chi connectivity index (χ1n) is 7.52. The number of nitrogens with two attached hydrogens (primary N) is 1. The van der Waals surface area contributed by atoms with E-state index in [2.05, 4.69) is 4.72 Å². The number of rotatable bonds is 8. The molecule has 8 heteroatoms. The first-order valence-corrected chi connectivity index (χ1v) is 10.7. The molecule has 23 heavy (non-hydrogen) atoms. The summed E-state index contributed by atoms with van der Waals surface area (Å²) in [4.78, 5) is -0.0726. The summed E-state index contributed by atoms with van der Waals surface area (Å²) >= 11 is 0. The van der Waals surface area contributed by atoms with E-state index in [0.717, 1.165) is 0 Å². The Morgan fingerprint density at radius 3 is 2.22 bits per heavy atom. The average molecular weight is 363 g/mol. The van der Waals surface area contributed by atoms with Gasteiger partial charge in [-0.1, -0.05) is 26.8 Å². The molecule has 0 aromatic heterocycles. The van der Waals surface area contributed by atoms with Crippen molar-refractivity contribution in [2.24, 2.45) is 11.7 Å². The maximum atomic E-state index is 12.6. The van der Waals surface area contributed by atoms with E-state index in [9.17, 15) is 16.8 Å². The Hall–Kier alpha value is -0.960. The molecule has 132 valence electrons. The van der Waals surface area contributed by atoms with Crippen LogP contribution in [0, 0.1) is 5.92 Å². The molecular weight excluding hydrogens is 336 g/mol. The van der Waals surface area contributed by atoms with Gasteiger partial charge in [-0.05, 0) is 37.5 Å². The Morgan fingerprint density at radius 2 is 1.74 bits per heavy atom. The van der Waals surface area contributed by atoms with Gasteiger partial charge in [0.1, 0.15) is 0 Å². The summed E-state index contributed by atoms with van der Waals surface area (Å²) in [5.74, 6) is 0.177.